The van der Waals surface area contributed by atoms with Gasteiger partial charge in [-0.1, -0.05) is 57.6 Å². The Hall–Kier alpha value is -0.590. The van der Waals surface area contributed by atoms with Crippen LogP contribution in [0.25, 0.3) is 0 Å². The van der Waals surface area contributed by atoms with Gasteiger partial charge in [0.2, 0.25) is 0 Å². The van der Waals surface area contributed by atoms with Crippen molar-refractivity contribution in [2.24, 2.45) is 0 Å². The molecule has 0 spiro atoms. The van der Waals surface area contributed by atoms with Crippen molar-refractivity contribution in [3.8, 4) is 0 Å². The van der Waals surface area contributed by atoms with Crippen LogP contribution in [0.5, 0.6) is 0 Å². The van der Waals surface area contributed by atoms with Crippen molar-refractivity contribution in [1.82, 2.24) is 0 Å². The lowest BCUT2D eigenvalue weighted by atomic mass is 10.1. The van der Waals surface area contributed by atoms with Crippen LogP contribution in [0.4, 0.5) is 0 Å². The van der Waals surface area contributed by atoms with Crippen molar-refractivity contribution in [2.45, 2.75) is 90.9 Å². The van der Waals surface area contributed by atoms with Crippen LogP contribution in [0.1, 0.15) is 90.9 Å². The Labute approximate surface area is 114 Å². The number of hydrogen-bond acceptors (Lipinski definition) is 1. The minimum absolute atomic E-state index is 0.327. The number of carbonyl (C=O) groups is 1. The molecule has 0 bridgehead atoms. The molecule has 18 heavy (non-hydrogen) atoms. The quantitative estimate of drug-likeness (QED) is 0.297. The molecule has 0 atom stereocenters. The van der Waals surface area contributed by atoms with Gasteiger partial charge >= 0.3 is 0 Å². The minimum Gasteiger partial charge on any atom is -0.300 e. The molecule has 0 unspecified atom stereocenters. The summed E-state index contributed by atoms with van der Waals surface area (Å²) in [5, 5.41) is 0. The third-order valence-corrected chi connectivity index (χ3v) is 3.29. The monoisotopic (exact) mass is 252 g/mol. The van der Waals surface area contributed by atoms with Crippen molar-refractivity contribution in [1.29, 1.82) is 0 Å². The van der Waals surface area contributed by atoms with Crippen molar-refractivity contribution in [3.63, 3.8) is 0 Å². The molecule has 0 radical (unpaired) electrons. The Balaban J connectivity index is 3.07. The normalized spacial score (nSPS) is 11.2. The highest BCUT2D eigenvalue weighted by Crippen LogP contribution is 2.08. The van der Waals surface area contributed by atoms with Crippen LogP contribution < -0.4 is 0 Å². The summed E-state index contributed by atoms with van der Waals surface area (Å²) in [5.41, 5.74) is 0. The molecule has 0 aliphatic rings. The van der Waals surface area contributed by atoms with Gasteiger partial charge in [-0.05, 0) is 39.0 Å². The fourth-order valence-corrected chi connectivity index (χ4v) is 2.09. The molecule has 1 heteroatoms. The molecule has 0 saturated heterocycles. The third kappa shape index (κ3) is 15.4. The molecular weight excluding hydrogens is 220 g/mol. The highest BCUT2D eigenvalue weighted by Gasteiger charge is 1.92. The maximum atomic E-state index is 10.7. The molecule has 0 aliphatic carbocycles. The zero-order valence-corrected chi connectivity index (χ0v) is 12.5. The maximum absolute atomic E-state index is 10.7. The number of rotatable bonds is 13. The topological polar surface area (TPSA) is 17.1 Å². The van der Waals surface area contributed by atoms with Crippen LogP contribution in [0.15, 0.2) is 12.2 Å². The van der Waals surface area contributed by atoms with Gasteiger partial charge < -0.3 is 4.79 Å². The summed E-state index contributed by atoms with van der Waals surface area (Å²) in [7, 11) is 0. The lowest BCUT2D eigenvalue weighted by molar-refractivity contribution is -0.117. The van der Waals surface area contributed by atoms with Gasteiger partial charge in [-0.3, -0.25) is 0 Å². The van der Waals surface area contributed by atoms with Crippen molar-refractivity contribution in [2.75, 3.05) is 0 Å². The Morgan fingerprint density at radius 2 is 1.28 bits per heavy atom. The Kier molecular flexibility index (Phi) is 14.0. The number of Topliss-reactive ketones (excluding diaryl/α,β-unsaturated/α-hetero) is 1. The largest absolute Gasteiger partial charge is 0.300 e. The lowest BCUT2D eigenvalue weighted by Crippen LogP contribution is -1.88. The molecule has 1 nitrogen and oxygen atoms in total. The van der Waals surface area contributed by atoms with Crippen LogP contribution in [0, 0.1) is 0 Å². The molecule has 0 N–H and O–H groups in total. The van der Waals surface area contributed by atoms with Crippen LogP contribution in [-0.4, -0.2) is 5.78 Å². The van der Waals surface area contributed by atoms with Gasteiger partial charge in [-0.2, -0.15) is 0 Å². The number of carbonyl (C=O) groups excluding carboxylic acids is 1. The van der Waals surface area contributed by atoms with E-state index in [4.69, 9.17) is 0 Å². The van der Waals surface area contributed by atoms with Gasteiger partial charge in [0.25, 0.3) is 0 Å². The van der Waals surface area contributed by atoms with Gasteiger partial charge in [0.1, 0.15) is 5.78 Å². The molecule has 0 rings (SSSR count). The Morgan fingerprint density at radius 3 is 1.83 bits per heavy atom. The van der Waals surface area contributed by atoms with Gasteiger partial charge in [0, 0.05) is 6.42 Å². The molecule has 0 heterocycles. The van der Waals surface area contributed by atoms with Gasteiger partial charge in [0.05, 0.1) is 0 Å². The minimum atomic E-state index is 0.327. The highest BCUT2D eigenvalue weighted by atomic mass is 16.1. The predicted molar refractivity (Wildman–Crippen MR) is 80.9 cm³/mol. The fourth-order valence-electron chi connectivity index (χ4n) is 2.09. The number of hydrogen-bond donors (Lipinski definition) is 0. The second-order valence-corrected chi connectivity index (χ2v) is 5.33. The number of ketones is 1. The van der Waals surface area contributed by atoms with Gasteiger partial charge in [0.15, 0.2) is 0 Å². The SMILES string of the molecule is CCCCCCCC/C=C/CCCCCC(C)=O. The van der Waals surface area contributed by atoms with Crippen molar-refractivity contribution in [3.05, 3.63) is 12.2 Å². The first-order valence-corrected chi connectivity index (χ1v) is 7.91. The number of unbranched alkanes of at least 4 members (excludes halogenated alkanes) is 9. The van der Waals surface area contributed by atoms with E-state index in [0.717, 1.165) is 12.8 Å². The van der Waals surface area contributed by atoms with E-state index in [2.05, 4.69) is 19.1 Å². The van der Waals surface area contributed by atoms with E-state index in [9.17, 15) is 4.79 Å². The molecule has 106 valence electrons. The molecule has 0 aromatic heterocycles. The van der Waals surface area contributed by atoms with E-state index in [0.29, 0.717) is 5.78 Å². The maximum Gasteiger partial charge on any atom is 0.129 e. The molecule has 0 aromatic carbocycles. The van der Waals surface area contributed by atoms with E-state index in [-0.39, 0.29) is 0 Å². The van der Waals surface area contributed by atoms with Crippen LogP contribution in [0.2, 0.25) is 0 Å². The summed E-state index contributed by atoms with van der Waals surface area (Å²) in [4.78, 5) is 10.7. The van der Waals surface area contributed by atoms with E-state index < -0.39 is 0 Å². The lowest BCUT2D eigenvalue weighted by Gasteiger charge is -1.98. The summed E-state index contributed by atoms with van der Waals surface area (Å²) in [5.74, 6) is 0.327. The van der Waals surface area contributed by atoms with E-state index in [1.807, 2.05) is 0 Å². The number of allylic oxidation sites excluding steroid dienone is 2. The molecule has 0 saturated carbocycles. The van der Waals surface area contributed by atoms with E-state index in [1.165, 1.54) is 64.2 Å². The third-order valence-electron chi connectivity index (χ3n) is 3.29. The van der Waals surface area contributed by atoms with Crippen LogP contribution in [-0.2, 0) is 4.79 Å². The summed E-state index contributed by atoms with van der Waals surface area (Å²) in [6.07, 6.45) is 19.7. The van der Waals surface area contributed by atoms with Gasteiger partial charge in [-0.15, -0.1) is 0 Å². The molecule has 0 amide bonds. The summed E-state index contributed by atoms with van der Waals surface area (Å²) >= 11 is 0. The van der Waals surface area contributed by atoms with Crippen LogP contribution in [0.3, 0.4) is 0 Å². The standard InChI is InChI=1S/C17H32O/c1-3-4-5-6-7-8-9-10-11-12-13-14-15-16-17(2)18/h10-11H,3-9,12-16H2,1-2H3/b11-10+. The zero-order valence-electron chi connectivity index (χ0n) is 12.5. The van der Waals surface area contributed by atoms with Crippen molar-refractivity contribution >= 4 is 5.78 Å². The smallest absolute Gasteiger partial charge is 0.129 e. The second-order valence-electron chi connectivity index (χ2n) is 5.33. The Morgan fingerprint density at radius 1 is 0.778 bits per heavy atom. The Bertz CT molecular complexity index is 206. The summed E-state index contributed by atoms with van der Waals surface area (Å²) in [6.45, 7) is 3.94. The first kappa shape index (κ1) is 17.4. The predicted octanol–water partition coefficient (Wildman–Crippen LogP) is 5.83. The summed E-state index contributed by atoms with van der Waals surface area (Å²) < 4.78 is 0. The highest BCUT2D eigenvalue weighted by molar-refractivity contribution is 5.75. The van der Waals surface area contributed by atoms with E-state index >= 15 is 0 Å². The average molecular weight is 252 g/mol. The first-order valence-electron chi connectivity index (χ1n) is 7.91. The fraction of sp³-hybridized carbons (Fsp3) is 0.824. The van der Waals surface area contributed by atoms with Crippen LogP contribution >= 0.6 is 0 Å². The second kappa shape index (κ2) is 14.5. The zero-order chi connectivity index (χ0) is 13.5. The molecule has 0 fully saturated rings. The van der Waals surface area contributed by atoms with E-state index in [1.54, 1.807) is 6.92 Å². The molecule has 0 aliphatic heterocycles. The van der Waals surface area contributed by atoms with Gasteiger partial charge in [-0.25, -0.2) is 0 Å². The molecule has 0 aromatic rings. The summed E-state index contributed by atoms with van der Waals surface area (Å²) in [6, 6.07) is 0. The average Bonchev–Trinajstić information content (AvgIpc) is 2.34. The molecular formula is C17H32O. The van der Waals surface area contributed by atoms with Crippen molar-refractivity contribution < 1.29 is 4.79 Å². The first-order chi connectivity index (χ1) is 8.77.